The summed E-state index contributed by atoms with van der Waals surface area (Å²) < 4.78 is 103. The van der Waals surface area contributed by atoms with E-state index in [-0.39, 0.29) is 43.8 Å². The summed E-state index contributed by atoms with van der Waals surface area (Å²) in [5, 5.41) is 0. The predicted octanol–water partition coefficient (Wildman–Crippen LogP) is 6.43. The molecular weight excluding hydrogens is 560 g/mol. The number of amidine groups is 1. The van der Waals surface area contributed by atoms with Gasteiger partial charge in [0, 0.05) is 24.2 Å². The molecule has 2 aliphatic heterocycles. The largest absolute Gasteiger partial charge is 0.493 e. The maximum Gasteiger partial charge on any atom is 0.416 e. The number of methoxy groups -OCH3 is 2. The van der Waals surface area contributed by atoms with Gasteiger partial charge in [-0.1, -0.05) is 0 Å². The van der Waals surface area contributed by atoms with E-state index in [1.165, 1.54) is 24.0 Å². The number of anilines is 1. The second-order valence-corrected chi connectivity index (χ2v) is 9.49. The molecule has 0 radical (unpaired) electrons. The van der Waals surface area contributed by atoms with Crippen LogP contribution in [0.25, 0.3) is 0 Å². The number of amides is 1. The van der Waals surface area contributed by atoms with E-state index < -0.39 is 48.2 Å². The highest BCUT2D eigenvalue weighted by molar-refractivity contribution is 5.91. The van der Waals surface area contributed by atoms with Crippen LogP contribution in [0.5, 0.6) is 11.5 Å². The molecule has 2 aromatic rings. The average molecular weight is 590 g/mol. The SMILES string of the molecule is CCOC(=O)N1c2cc(OC)c(OC)cc2C(N(Cc2cc(C(F)(F)F)cc(C(F)(F)F)c2)C2=NCCO2)CC1C. The number of alkyl halides is 6. The fourth-order valence-electron chi connectivity index (χ4n) is 5.03. The summed E-state index contributed by atoms with van der Waals surface area (Å²) in [4.78, 5) is 20.2. The Labute approximate surface area is 232 Å². The van der Waals surface area contributed by atoms with Crippen molar-refractivity contribution in [1.82, 2.24) is 4.90 Å². The molecule has 0 spiro atoms. The number of carbonyl (C=O) groups is 1. The molecule has 0 fully saturated rings. The van der Waals surface area contributed by atoms with E-state index in [4.69, 9.17) is 18.9 Å². The van der Waals surface area contributed by atoms with Crippen LogP contribution < -0.4 is 14.4 Å². The van der Waals surface area contributed by atoms with Crippen LogP contribution in [0.15, 0.2) is 35.3 Å². The first-order chi connectivity index (χ1) is 19.3. The number of halogens is 6. The molecule has 2 aromatic carbocycles. The molecule has 2 unspecified atom stereocenters. The molecule has 41 heavy (non-hydrogen) atoms. The van der Waals surface area contributed by atoms with Crippen molar-refractivity contribution in [2.75, 3.05) is 38.9 Å². The van der Waals surface area contributed by atoms with Gasteiger partial charge in [0.05, 0.1) is 50.2 Å². The second kappa shape index (κ2) is 11.6. The Morgan fingerprint density at radius 1 is 1.02 bits per heavy atom. The molecule has 0 N–H and O–H groups in total. The third-order valence-electron chi connectivity index (χ3n) is 6.81. The van der Waals surface area contributed by atoms with E-state index in [0.717, 1.165) is 0 Å². The lowest BCUT2D eigenvalue weighted by Crippen LogP contribution is -2.47. The fourth-order valence-corrected chi connectivity index (χ4v) is 5.03. The zero-order valence-corrected chi connectivity index (χ0v) is 22.7. The van der Waals surface area contributed by atoms with Gasteiger partial charge in [-0.05, 0) is 50.1 Å². The average Bonchev–Trinajstić information content (AvgIpc) is 3.44. The number of rotatable bonds is 6. The molecule has 4 rings (SSSR count). The van der Waals surface area contributed by atoms with Gasteiger partial charge in [-0.2, -0.15) is 26.3 Å². The van der Waals surface area contributed by atoms with Crippen LogP contribution in [0.1, 0.15) is 48.6 Å². The molecule has 0 aromatic heterocycles. The van der Waals surface area contributed by atoms with Gasteiger partial charge in [-0.3, -0.25) is 4.90 Å². The Morgan fingerprint density at radius 3 is 2.15 bits per heavy atom. The summed E-state index contributed by atoms with van der Waals surface area (Å²) in [5.74, 6) is 0.615. The van der Waals surface area contributed by atoms with Crippen LogP contribution in [0, 0.1) is 0 Å². The Balaban J connectivity index is 1.87. The highest BCUT2D eigenvalue weighted by Crippen LogP contribution is 2.47. The molecule has 0 aliphatic carbocycles. The van der Waals surface area contributed by atoms with Crippen molar-refractivity contribution in [1.29, 1.82) is 0 Å². The minimum atomic E-state index is -5.00. The van der Waals surface area contributed by atoms with Crippen LogP contribution in [0.4, 0.5) is 36.8 Å². The van der Waals surface area contributed by atoms with Crippen LogP contribution in [0.3, 0.4) is 0 Å². The summed E-state index contributed by atoms with van der Waals surface area (Å²) >= 11 is 0. The number of hydrogen-bond acceptors (Lipinski definition) is 7. The van der Waals surface area contributed by atoms with Crippen molar-refractivity contribution in [3.8, 4) is 11.5 Å². The topological polar surface area (TPSA) is 72.8 Å². The van der Waals surface area contributed by atoms with Crippen molar-refractivity contribution >= 4 is 17.8 Å². The van der Waals surface area contributed by atoms with Crippen molar-refractivity contribution in [2.45, 2.75) is 51.2 Å². The Morgan fingerprint density at radius 2 is 1.63 bits per heavy atom. The Hall–Kier alpha value is -3.84. The quantitative estimate of drug-likeness (QED) is 0.362. The summed E-state index contributed by atoms with van der Waals surface area (Å²) in [6.07, 6.45) is -10.4. The van der Waals surface area contributed by atoms with Crippen molar-refractivity contribution in [2.24, 2.45) is 4.99 Å². The number of fused-ring (bicyclic) bond motifs is 1. The second-order valence-electron chi connectivity index (χ2n) is 9.49. The molecule has 2 atom stereocenters. The number of hydrogen-bond donors (Lipinski definition) is 0. The van der Waals surface area contributed by atoms with Gasteiger partial charge in [0.2, 0.25) is 0 Å². The summed E-state index contributed by atoms with van der Waals surface area (Å²) in [6, 6.07) is 3.53. The van der Waals surface area contributed by atoms with Gasteiger partial charge in [-0.15, -0.1) is 0 Å². The van der Waals surface area contributed by atoms with Crippen molar-refractivity contribution < 1.29 is 50.1 Å². The smallest absolute Gasteiger partial charge is 0.416 e. The zero-order valence-electron chi connectivity index (χ0n) is 22.7. The monoisotopic (exact) mass is 589 g/mol. The van der Waals surface area contributed by atoms with Crippen molar-refractivity contribution in [3.05, 3.63) is 52.6 Å². The van der Waals surface area contributed by atoms with Crippen LogP contribution in [-0.4, -0.2) is 57.0 Å². The molecule has 0 bridgehead atoms. The van der Waals surface area contributed by atoms with Gasteiger partial charge >= 0.3 is 18.4 Å². The number of aliphatic imine (C=N–C) groups is 1. The van der Waals surface area contributed by atoms with E-state index in [2.05, 4.69) is 4.99 Å². The lowest BCUT2D eigenvalue weighted by Gasteiger charge is -2.43. The first kappa shape index (κ1) is 30.1. The predicted molar refractivity (Wildman–Crippen MR) is 136 cm³/mol. The summed E-state index contributed by atoms with van der Waals surface area (Å²) in [6.45, 7) is 3.59. The minimum Gasteiger partial charge on any atom is -0.493 e. The van der Waals surface area contributed by atoms with E-state index in [1.807, 2.05) is 0 Å². The normalized spacial score (nSPS) is 18.8. The molecule has 0 saturated carbocycles. The molecule has 14 heteroatoms. The number of ether oxygens (including phenoxy) is 4. The first-order valence-electron chi connectivity index (χ1n) is 12.7. The fraction of sp³-hybridized carbons (Fsp3) is 0.481. The van der Waals surface area contributed by atoms with Gasteiger partial charge < -0.3 is 23.8 Å². The number of nitrogens with zero attached hydrogens (tertiary/aromatic N) is 3. The molecule has 1 amide bonds. The van der Waals surface area contributed by atoms with Gasteiger partial charge in [0.25, 0.3) is 6.02 Å². The Kier molecular flexibility index (Phi) is 8.50. The van der Waals surface area contributed by atoms with Crippen LogP contribution >= 0.6 is 0 Å². The maximum absolute atomic E-state index is 13.6. The lowest BCUT2D eigenvalue weighted by atomic mass is 9.90. The molecule has 2 aliphatic rings. The van der Waals surface area contributed by atoms with Gasteiger partial charge in [0.1, 0.15) is 6.61 Å². The highest BCUT2D eigenvalue weighted by Gasteiger charge is 2.41. The minimum absolute atomic E-state index is 0.0680. The molecule has 8 nitrogen and oxygen atoms in total. The van der Waals surface area contributed by atoms with Crippen LogP contribution in [0.2, 0.25) is 0 Å². The summed E-state index contributed by atoms with van der Waals surface area (Å²) in [5.41, 5.74) is -2.21. The third-order valence-corrected chi connectivity index (χ3v) is 6.81. The molecule has 224 valence electrons. The Bertz CT molecular complexity index is 1280. The van der Waals surface area contributed by atoms with Crippen molar-refractivity contribution in [3.63, 3.8) is 0 Å². The van der Waals surface area contributed by atoms with Crippen LogP contribution in [-0.2, 0) is 28.4 Å². The van der Waals surface area contributed by atoms with E-state index in [1.54, 1.807) is 26.0 Å². The highest BCUT2D eigenvalue weighted by atomic mass is 19.4. The van der Waals surface area contributed by atoms with E-state index in [9.17, 15) is 31.1 Å². The summed E-state index contributed by atoms with van der Waals surface area (Å²) in [7, 11) is 2.83. The van der Waals surface area contributed by atoms with Gasteiger partial charge in [-0.25, -0.2) is 9.79 Å². The first-order valence-corrected chi connectivity index (χ1v) is 12.7. The molecule has 0 saturated heterocycles. The maximum atomic E-state index is 13.6. The molecule has 2 heterocycles. The zero-order chi connectivity index (χ0) is 30.1. The molecular formula is C27H29F6N3O5. The van der Waals surface area contributed by atoms with E-state index >= 15 is 0 Å². The number of carbonyl (C=O) groups excluding carboxylic acids is 1. The lowest BCUT2D eigenvalue weighted by molar-refractivity contribution is -0.143. The van der Waals surface area contributed by atoms with Gasteiger partial charge in [0.15, 0.2) is 11.5 Å². The third kappa shape index (κ3) is 6.25. The van der Waals surface area contributed by atoms with E-state index in [0.29, 0.717) is 34.9 Å². The standard InChI is InChI=1S/C27H29F6N3O5/c1-5-40-25(37)36-15(2)8-20(19-12-22(38-3)23(39-4)13-21(19)36)35(24-34-6-7-41-24)14-16-9-17(26(28,29)30)11-18(10-16)27(31,32)33/h9-13,15,20H,5-8,14H2,1-4H3. The number of benzene rings is 2.